The number of carbonyl (C=O) groups excluding carboxylic acids is 2. The Hall–Kier alpha value is -2.57. The molecule has 0 aliphatic carbocycles. The molecule has 0 aromatic heterocycles. The Morgan fingerprint density at radius 1 is 1.10 bits per heavy atom. The van der Waals surface area contributed by atoms with E-state index >= 15 is 0 Å². The van der Waals surface area contributed by atoms with Crippen LogP contribution in [0.1, 0.15) is 49.0 Å². The zero-order valence-corrected chi connectivity index (χ0v) is 18.7. The van der Waals surface area contributed by atoms with Crippen molar-refractivity contribution >= 4 is 29.2 Å². The number of rotatable bonds is 8. The molecule has 0 spiro atoms. The van der Waals surface area contributed by atoms with Crippen LogP contribution in [0, 0.1) is 0 Å². The Morgan fingerprint density at radius 2 is 1.81 bits per heavy atom. The summed E-state index contributed by atoms with van der Waals surface area (Å²) in [5.74, 6) is -0.185. The van der Waals surface area contributed by atoms with E-state index in [1.165, 1.54) is 0 Å². The molecular weight excluding hydrogens is 418 g/mol. The van der Waals surface area contributed by atoms with E-state index in [1.807, 2.05) is 19.1 Å². The number of hydrogen-bond donors (Lipinski definition) is 1. The maximum absolute atomic E-state index is 13.5. The number of esters is 1. The van der Waals surface area contributed by atoms with Gasteiger partial charge in [-0.05, 0) is 62.1 Å². The first-order chi connectivity index (χ1) is 15.0. The van der Waals surface area contributed by atoms with E-state index in [2.05, 4.69) is 5.32 Å². The molecule has 0 bridgehead atoms. The topological polar surface area (TPSA) is 73.9 Å². The molecule has 7 heteroatoms. The van der Waals surface area contributed by atoms with Crippen LogP contribution in [-0.4, -0.2) is 38.3 Å². The summed E-state index contributed by atoms with van der Waals surface area (Å²) < 4.78 is 16.4. The van der Waals surface area contributed by atoms with Crippen molar-refractivity contribution in [2.75, 3.05) is 31.7 Å². The second-order valence-electron chi connectivity index (χ2n) is 7.44. The molecule has 2 aromatic carbocycles. The van der Waals surface area contributed by atoms with Gasteiger partial charge < -0.3 is 19.5 Å². The fourth-order valence-electron chi connectivity index (χ4n) is 3.70. The Labute approximate surface area is 187 Å². The van der Waals surface area contributed by atoms with Crippen molar-refractivity contribution in [2.24, 2.45) is 0 Å². The van der Waals surface area contributed by atoms with Crippen molar-refractivity contribution in [3.63, 3.8) is 0 Å². The average Bonchev–Trinajstić information content (AvgIpc) is 2.79. The van der Waals surface area contributed by atoms with Gasteiger partial charge >= 0.3 is 5.97 Å². The van der Waals surface area contributed by atoms with Gasteiger partial charge in [-0.15, -0.1) is 0 Å². The van der Waals surface area contributed by atoms with Crippen LogP contribution in [0.15, 0.2) is 42.5 Å². The summed E-state index contributed by atoms with van der Waals surface area (Å²) in [5, 5.41) is 3.61. The Balaban J connectivity index is 1.90. The van der Waals surface area contributed by atoms with Gasteiger partial charge in [-0.25, -0.2) is 4.79 Å². The molecule has 31 heavy (non-hydrogen) atoms. The summed E-state index contributed by atoms with van der Waals surface area (Å²) in [7, 11) is 0. The zero-order valence-electron chi connectivity index (χ0n) is 17.9. The number of anilines is 1. The molecule has 1 N–H and O–H groups in total. The summed E-state index contributed by atoms with van der Waals surface area (Å²) in [5.41, 5.74) is 0.966. The van der Waals surface area contributed by atoms with Gasteiger partial charge in [-0.2, -0.15) is 0 Å². The zero-order chi connectivity index (χ0) is 22.3. The Bertz CT molecular complexity index is 907. The lowest BCUT2D eigenvalue weighted by Gasteiger charge is -2.36. The van der Waals surface area contributed by atoms with Crippen LogP contribution in [0.3, 0.4) is 0 Å². The largest absolute Gasteiger partial charge is 0.493 e. The first-order valence-corrected chi connectivity index (χ1v) is 11.0. The number of carbonyl (C=O) groups is 2. The second-order valence-corrected chi connectivity index (χ2v) is 7.87. The molecule has 1 aliphatic heterocycles. The number of nitrogens with one attached hydrogen (secondary N) is 1. The molecule has 1 saturated heterocycles. The lowest BCUT2D eigenvalue weighted by atomic mass is 9.73. The van der Waals surface area contributed by atoms with Crippen molar-refractivity contribution in [1.82, 2.24) is 0 Å². The highest BCUT2D eigenvalue weighted by Crippen LogP contribution is 2.37. The summed E-state index contributed by atoms with van der Waals surface area (Å²) in [4.78, 5) is 25.9. The SMILES string of the molecule is CCCOc1ccc(NC(=O)C2(c3ccc(Cl)cc3)CCOCC2)cc1C(=O)OCC. The van der Waals surface area contributed by atoms with E-state index in [1.54, 1.807) is 37.3 Å². The van der Waals surface area contributed by atoms with Gasteiger partial charge in [0.1, 0.15) is 11.3 Å². The minimum Gasteiger partial charge on any atom is -0.493 e. The predicted molar refractivity (Wildman–Crippen MR) is 120 cm³/mol. The van der Waals surface area contributed by atoms with Crippen molar-refractivity contribution < 1.29 is 23.8 Å². The molecule has 6 nitrogen and oxygen atoms in total. The molecule has 0 radical (unpaired) electrons. The standard InChI is InChI=1S/C24H28ClNO5/c1-3-13-31-21-10-9-19(16-20(21)22(27)30-4-2)26-23(28)24(11-14-29-15-12-24)17-5-7-18(25)8-6-17/h5-10,16H,3-4,11-15H2,1-2H3,(H,26,28). The number of ether oxygens (including phenoxy) is 3. The lowest BCUT2D eigenvalue weighted by Crippen LogP contribution is -2.44. The molecule has 1 heterocycles. The fourth-order valence-corrected chi connectivity index (χ4v) is 3.83. The minimum absolute atomic E-state index is 0.143. The maximum atomic E-state index is 13.5. The van der Waals surface area contributed by atoms with E-state index in [0.717, 1.165) is 12.0 Å². The van der Waals surface area contributed by atoms with Crippen molar-refractivity contribution in [3.05, 3.63) is 58.6 Å². The molecule has 1 aliphatic rings. The average molecular weight is 446 g/mol. The monoisotopic (exact) mass is 445 g/mol. The van der Waals surface area contributed by atoms with Gasteiger partial charge in [0.15, 0.2) is 0 Å². The van der Waals surface area contributed by atoms with Gasteiger partial charge in [-0.1, -0.05) is 30.7 Å². The molecule has 0 unspecified atom stereocenters. The Morgan fingerprint density at radius 3 is 2.45 bits per heavy atom. The van der Waals surface area contributed by atoms with E-state index in [0.29, 0.717) is 54.7 Å². The van der Waals surface area contributed by atoms with E-state index in [9.17, 15) is 9.59 Å². The molecule has 166 valence electrons. The highest BCUT2D eigenvalue weighted by molar-refractivity contribution is 6.30. The molecule has 0 saturated carbocycles. The molecule has 0 atom stereocenters. The summed E-state index contributed by atoms with van der Waals surface area (Å²) >= 11 is 6.05. The van der Waals surface area contributed by atoms with Crippen LogP contribution in [0.5, 0.6) is 5.75 Å². The molecule has 1 fully saturated rings. The fraction of sp³-hybridized carbons (Fsp3) is 0.417. The van der Waals surface area contributed by atoms with Crippen LogP contribution >= 0.6 is 11.6 Å². The van der Waals surface area contributed by atoms with Crippen LogP contribution < -0.4 is 10.1 Å². The smallest absolute Gasteiger partial charge is 0.341 e. The molecule has 2 aromatic rings. The molecule has 3 rings (SSSR count). The van der Waals surface area contributed by atoms with Gasteiger partial charge in [0.05, 0.1) is 18.6 Å². The normalized spacial score (nSPS) is 15.2. The third kappa shape index (κ3) is 5.38. The number of benzene rings is 2. The summed E-state index contributed by atoms with van der Waals surface area (Å²) in [6.07, 6.45) is 1.93. The van der Waals surface area contributed by atoms with Gasteiger partial charge in [0, 0.05) is 23.9 Å². The first kappa shape index (κ1) is 23.1. The van der Waals surface area contributed by atoms with Gasteiger partial charge in [0.25, 0.3) is 0 Å². The predicted octanol–water partition coefficient (Wildman–Crippen LogP) is 4.99. The molecular formula is C24H28ClNO5. The van der Waals surface area contributed by atoms with Crippen LogP contribution in [0.2, 0.25) is 5.02 Å². The van der Waals surface area contributed by atoms with Crippen LogP contribution in [0.25, 0.3) is 0 Å². The van der Waals surface area contributed by atoms with Gasteiger partial charge in [-0.3, -0.25) is 4.79 Å². The lowest BCUT2D eigenvalue weighted by molar-refractivity contribution is -0.125. The van der Waals surface area contributed by atoms with E-state index in [4.69, 9.17) is 25.8 Å². The summed E-state index contributed by atoms with van der Waals surface area (Å²) in [6.45, 7) is 5.46. The molecule has 1 amide bonds. The van der Waals surface area contributed by atoms with Crippen molar-refractivity contribution in [1.29, 1.82) is 0 Å². The maximum Gasteiger partial charge on any atom is 0.341 e. The third-order valence-electron chi connectivity index (χ3n) is 5.37. The minimum atomic E-state index is -0.732. The summed E-state index contributed by atoms with van der Waals surface area (Å²) in [6, 6.07) is 12.4. The van der Waals surface area contributed by atoms with E-state index < -0.39 is 11.4 Å². The second kappa shape index (κ2) is 10.6. The Kier molecular flexibility index (Phi) is 7.93. The highest BCUT2D eigenvalue weighted by atomic mass is 35.5. The number of hydrogen-bond acceptors (Lipinski definition) is 5. The third-order valence-corrected chi connectivity index (χ3v) is 5.62. The number of amides is 1. The first-order valence-electron chi connectivity index (χ1n) is 10.6. The van der Waals surface area contributed by atoms with Crippen molar-refractivity contribution in [2.45, 2.75) is 38.5 Å². The highest BCUT2D eigenvalue weighted by Gasteiger charge is 2.41. The van der Waals surface area contributed by atoms with E-state index in [-0.39, 0.29) is 12.5 Å². The number of halogens is 1. The van der Waals surface area contributed by atoms with Gasteiger partial charge in [0.2, 0.25) is 5.91 Å². The van der Waals surface area contributed by atoms with Crippen molar-refractivity contribution in [3.8, 4) is 5.75 Å². The van der Waals surface area contributed by atoms with Crippen LogP contribution in [-0.2, 0) is 19.7 Å². The van der Waals surface area contributed by atoms with Crippen LogP contribution in [0.4, 0.5) is 5.69 Å². The quantitative estimate of drug-likeness (QED) is 0.579.